The first kappa shape index (κ1) is 11.9. The summed E-state index contributed by atoms with van der Waals surface area (Å²) in [5.74, 6) is -0.835. The number of rotatable bonds is 2. The number of imidazole rings is 1. The number of aryl methyl sites for hydroxylation is 1. The number of H-pyrrole nitrogens is 1. The van der Waals surface area contributed by atoms with Crippen molar-refractivity contribution in [3.8, 4) is 0 Å². The highest BCUT2D eigenvalue weighted by atomic mass is 16.4. The van der Waals surface area contributed by atoms with Gasteiger partial charge >= 0.3 is 5.97 Å². The molecular formula is C14H15N3O2. The van der Waals surface area contributed by atoms with Crippen molar-refractivity contribution in [2.45, 2.75) is 25.4 Å². The topological polar surface area (TPSA) is 78.0 Å². The van der Waals surface area contributed by atoms with Gasteiger partial charge < -0.3 is 10.1 Å². The smallest absolute Gasteiger partial charge is 0.321 e. The minimum absolute atomic E-state index is 0.170. The molecule has 98 valence electrons. The number of aliphatic carboxylic acids is 1. The number of carboxylic acids is 1. The van der Waals surface area contributed by atoms with Gasteiger partial charge in [0.15, 0.2) is 0 Å². The molecule has 1 aliphatic rings. The van der Waals surface area contributed by atoms with E-state index in [1.807, 2.05) is 25.1 Å². The van der Waals surface area contributed by atoms with Crippen LogP contribution in [0.5, 0.6) is 0 Å². The largest absolute Gasteiger partial charge is 0.480 e. The zero-order valence-electron chi connectivity index (χ0n) is 10.6. The molecule has 2 heterocycles. The lowest BCUT2D eigenvalue weighted by atomic mass is 9.93. The van der Waals surface area contributed by atoms with Crippen LogP contribution in [0.2, 0.25) is 0 Å². The normalized spacial score (nSPS) is 21.9. The maximum atomic E-state index is 11.2. The van der Waals surface area contributed by atoms with Crippen molar-refractivity contribution in [3.05, 3.63) is 53.1 Å². The molecule has 5 nitrogen and oxygen atoms in total. The molecular weight excluding hydrogens is 242 g/mol. The molecule has 1 aromatic carbocycles. The second kappa shape index (κ2) is 4.51. The quantitative estimate of drug-likeness (QED) is 0.760. The summed E-state index contributed by atoms with van der Waals surface area (Å²) in [6.45, 7) is 2.02. The maximum Gasteiger partial charge on any atom is 0.321 e. The van der Waals surface area contributed by atoms with Gasteiger partial charge in [-0.1, -0.05) is 29.8 Å². The summed E-state index contributed by atoms with van der Waals surface area (Å²) in [6.07, 6.45) is 2.06. The van der Waals surface area contributed by atoms with E-state index in [-0.39, 0.29) is 6.04 Å². The maximum absolute atomic E-state index is 11.2. The van der Waals surface area contributed by atoms with Gasteiger partial charge in [-0.3, -0.25) is 10.1 Å². The first-order chi connectivity index (χ1) is 9.15. The van der Waals surface area contributed by atoms with E-state index in [0.29, 0.717) is 6.42 Å². The van der Waals surface area contributed by atoms with E-state index in [2.05, 4.69) is 21.4 Å². The van der Waals surface area contributed by atoms with E-state index in [9.17, 15) is 9.90 Å². The summed E-state index contributed by atoms with van der Waals surface area (Å²) < 4.78 is 0. The van der Waals surface area contributed by atoms with Crippen LogP contribution in [0.3, 0.4) is 0 Å². The van der Waals surface area contributed by atoms with Crippen LogP contribution in [0.4, 0.5) is 0 Å². The van der Waals surface area contributed by atoms with Crippen molar-refractivity contribution < 1.29 is 9.90 Å². The Labute approximate surface area is 110 Å². The Bertz CT molecular complexity index is 621. The van der Waals surface area contributed by atoms with Gasteiger partial charge in [0.05, 0.1) is 18.1 Å². The Kier molecular flexibility index (Phi) is 2.83. The molecule has 0 saturated heterocycles. The van der Waals surface area contributed by atoms with E-state index in [1.54, 1.807) is 6.33 Å². The number of fused-ring (bicyclic) bond motifs is 1. The van der Waals surface area contributed by atoms with Crippen LogP contribution in [0.15, 0.2) is 30.6 Å². The van der Waals surface area contributed by atoms with E-state index in [4.69, 9.17) is 0 Å². The van der Waals surface area contributed by atoms with Crippen molar-refractivity contribution >= 4 is 5.97 Å². The molecule has 0 amide bonds. The number of hydrogen-bond acceptors (Lipinski definition) is 3. The standard InChI is InChI=1S/C14H15N3O2/c1-8-3-2-4-9(5-8)12-13-10(15-7-16-13)6-11(17-12)14(18)19/h2-5,7,11-12,17H,6H2,1H3,(H,15,16)(H,18,19)/t11-,12+/m1/s1. The summed E-state index contributed by atoms with van der Waals surface area (Å²) in [5.41, 5.74) is 3.98. The van der Waals surface area contributed by atoms with Gasteiger partial charge in [0.25, 0.3) is 0 Å². The Balaban J connectivity index is 2.03. The van der Waals surface area contributed by atoms with E-state index < -0.39 is 12.0 Å². The van der Waals surface area contributed by atoms with Crippen molar-refractivity contribution in [2.24, 2.45) is 0 Å². The van der Waals surface area contributed by atoms with Crippen molar-refractivity contribution in [2.75, 3.05) is 0 Å². The molecule has 19 heavy (non-hydrogen) atoms. The van der Waals surface area contributed by atoms with Crippen molar-refractivity contribution in [1.29, 1.82) is 0 Å². The van der Waals surface area contributed by atoms with Gasteiger partial charge in [0, 0.05) is 12.1 Å². The highest BCUT2D eigenvalue weighted by Crippen LogP contribution is 2.28. The molecule has 0 fully saturated rings. The summed E-state index contributed by atoms with van der Waals surface area (Å²) in [4.78, 5) is 18.6. The van der Waals surface area contributed by atoms with Crippen molar-refractivity contribution in [3.63, 3.8) is 0 Å². The Hall–Kier alpha value is -2.14. The fraction of sp³-hybridized carbons (Fsp3) is 0.286. The second-order valence-electron chi connectivity index (χ2n) is 4.88. The predicted molar refractivity (Wildman–Crippen MR) is 69.9 cm³/mol. The third-order valence-corrected chi connectivity index (χ3v) is 3.47. The van der Waals surface area contributed by atoms with Crippen molar-refractivity contribution in [1.82, 2.24) is 15.3 Å². The minimum Gasteiger partial charge on any atom is -0.480 e. The molecule has 0 aliphatic carbocycles. The number of benzene rings is 1. The fourth-order valence-electron chi connectivity index (χ4n) is 2.55. The molecule has 3 rings (SSSR count). The van der Waals surface area contributed by atoms with E-state index in [1.165, 1.54) is 0 Å². The minimum atomic E-state index is -0.835. The number of carboxylic acid groups (broad SMARTS) is 1. The fourth-order valence-corrected chi connectivity index (χ4v) is 2.55. The van der Waals surface area contributed by atoms with Gasteiger partial charge in [-0.15, -0.1) is 0 Å². The van der Waals surface area contributed by atoms with Gasteiger partial charge in [-0.2, -0.15) is 0 Å². The zero-order valence-corrected chi connectivity index (χ0v) is 10.6. The summed E-state index contributed by atoms with van der Waals surface area (Å²) in [7, 11) is 0. The average Bonchev–Trinajstić information content (AvgIpc) is 2.85. The van der Waals surface area contributed by atoms with Gasteiger partial charge in [-0.25, -0.2) is 4.98 Å². The van der Waals surface area contributed by atoms with E-state index >= 15 is 0 Å². The monoisotopic (exact) mass is 257 g/mol. The highest BCUT2D eigenvalue weighted by molar-refractivity contribution is 5.74. The van der Waals surface area contributed by atoms with Crippen LogP contribution >= 0.6 is 0 Å². The Morgan fingerprint density at radius 1 is 1.47 bits per heavy atom. The first-order valence-corrected chi connectivity index (χ1v) is 6.22. The van der Waals surface area contributed by atoms with E-state index in [0.717, 1.165) is 22.5 Å². The molecule has 2 aromatic rings. The molecule has 3 N–H and O–H groups in total. The molecule has 1 aromatic heterocycles. The predicted octanol–water partition coefficient (Wildman–Crippen LogP) is 1.41. The average molecular weight is 257 g/mol. The zero-order chi connectivity index (χ0) is 13.4. The third kappa shape index (κ3) is 2.13. The number of carbonyl (C=O) groups is 1. The van der Waals surface area contributed by atoms with Gasteiger partial charge in [0.1, 0.15) is 6.04 Å². The van der Waals surface area contributed by atoms with Crippen LogP contribution < -0.4 is 5.32 Å². The number of nitrogens with one attached hydrogen (secondary N) is 2. The molecule has 0 radical (unpaired) electrons. The lowest BCUT2D eigenvalue weighted by molar-refractivity contribution is -0.139. The number of aromatic amines is 1. The molecule has 0 saturated carbocycles. The Morgan fingerprint density at radius 2 is 2.32 bits per heavy atom. The van der Waals surface area contributed by atoms with Gasteiger partial charge in [0.2, 0.25) is 0 Å². The third-order valence-electron chi connectivity index (χ3n) is 3.47. The molecule has 5 heteroatoms. The Morgan fingerprint density at radius 3 is 3.05 bits per heavy atom. The van der Waals surface area contributed by atoms with Crippen LogP contribution in [-0.4, -0.2) is 27.1 Å². The molecule has 0 bridgehead atoms. The molecule has 0 unspecified atom stereocenters. The highest BCUT2D eigenvalue weighted by Gasteiger charge is 2.32. The summed E-state index contributed by atoms with van der Waals surface area (Å²) in [6, 6.07) is 7.29. The van der Waals surface area contributed by atoms with Crippen LogP contribution in [0.25, 0.3) is 0 Å². The van der Waals surface area contributed by atoms with Gasteiger partial charge in [-0.05, 0) is 12.5 Å². The first-order valence-electron chi connectivity index (χ1n) is 6.22. The number of nitrogens with zero attached hydrogens (tertiary/aromatic N) is 1. The molecule has 1 aliphatic heterocycles. The summed E-state index contributed by atoms with van der Waals surface area (Å²) >= 11 is 0. The SMILES string of the molecule is Cc1cccc([C@@H]2N[C@@H](C(=O)O)Cc3[nH]cnc32)c1. The second-order valence-corrected chi connectivity index (χ2v) is 4.88. The lowest BCUT2D eigenvalue weighted by Gasteiger charge is -2.28. The summed E-state index contributed by atoms with van der Waals surface area (Å²) in [5, 5.41) is 12.4. The lowest BCUT2D eigenvalue weighted by Crippen LogP contribution is -2.45. The van der Waals surface area contributed by atoms with Crippen LogP contribution in [0.1, 0.15) is 28.6 Å². The molecule has 0 spiro atoms. The van der Waals surface area contributed by atoms with Crippen LogP contribution in [-0.2, 0) is 11.2 Å². The van der Waals surface area contributed by atoms with Crippen LogP contribution in [0, 0.1) is 6.92 Å². The number of aromatic nitrogens is 2. The molecule has 2 atom stereocenters. The number of hydrogen-bond donors (Lipinski definition) is 3.